The summed E-state index contributed by atoms with van der Waals surface area (Å²) in [4.78, 5) is 17.0. The number of rotatable bonds is 6. The van der Waals surface area contributed by atoms with Gasteiger partial charge in [-0.3, -0.25) is 9.48 Å². The summed E-state index contributed by atoms with van der Waals surface area (Å²) in [6.45, 7) is 5.59. The average Bonchev–Trinajstić information content (AvgIpc) is 3.24. The molecule has 2 saturated heterocycles. The van der Waals surface area contributed by atoms with E-state index < -0.39 is 0 Å². The summed E-state index contributed by atoms with van der Waals surface area (Å²) in [5, 5.41) is 14.3. The number of nitrogens with zero attached hydrogens (tertiary/aromatic N) is 4. The van der Waals surface area contributed by atoms with Crippen LogP contribution < -0.4 is 0 Å². The van der Waals surface area contributed by atoms with E-state index in [0.717, 1.165) is 19.5 Å². The number of carbonyl (C=O) groups excluding carboxylic acids is 1. The van der Waals surface area contributed by atoms with Gasteiger partial charge in [-0.15, -0.1) is 0 Å². The predicted octanol–water partition coefficient (Wildman–Crippen LogP) is 1.48. The Morgan fingerprint density at radius 3 is 2.71 bits per heavy atom. The molecule has 24 heavy (non-hydrogen) atoms. The summed E-state index contributed by atoms with van der Waals surface area (Å²) in [6, 6.07) is 0. The zero-order valence-corrected chi connectivity index (χ0v) is 14.9. The number of likely N-dealkylation sites (tertiary alicyclic amines) is 2. The normalized spacial score (nSPS) is 25.3. The van der Waals surface area contributed by atoms with Gasteiger partial charge in [0.25, 0.3) is 0 Å². The summed E-state index contributed by atoms with van der Waals surface area (Å²) in [6.07, 6.45) is 7.33. The van der Waals surface area contributed by atoms with Gasteiger partial charge in [-0.05, 0) is 44.2 Å². The highest BCUT2D eigenvalue weighted by molar-refractivity contribution is 6.30. The molecule has 0 bridgehead atoms. The van der Waals surface area contributed by atoms with Crippen molar-refractivity contribution >= 4 is 17.5 Å². The van der Waals surface area contributed by atoms with E-state index in [-0.39, 0.29) is 18.4 Å². The molecule has 3 rings (SSSR count). The number of aliphatic hydroxyl groups excluding tert-OH is 1. The van der Waals surface area contributed by atoms with E-state index in [0.29, 0.717) is 30.5 Å². The van der Waals surface area contributed by atoms with E-state index in [2.05, 4.69) is 10.00 Å². The molecule has 1 N–H and O–H groups in total. The third kappa shape index (κ3) is 4.71. The second-order valence-corrected chi connectivity index (χ2v) is 7.56. The Labute approximate surface area is 148 Å². The molecular formula is C17H27ClN4O2. The first-order valence-electron chi connectivity index (χ1n) is 8.93. The van der Waals surface area contributed by atoms with Crippen molar-refractivity contribution < 1.29 is 9.90 Å². The van der Waals surface area contributed by atoms with Crippen molar-refractivity contribution in [1.29, 1.82) is 0 Å². The number of aliphatic hydroxyl groups is 1. The number of halogens is 1. The van der Waals surface area contributed by atoms with E-state index in [9.17, 15) is 9.90 Å². The average molecular weight is 355 g/mol. The lowest BCUT2D eigenvalue weighted by atomic mass is 9.89. The first kappa shape index (κ1) is 17.7. The van der Waals surface area contributed by atoms with Gasteiger partial charge in [-0.25, -0.2) is 0 Å². The highest BCUT2D eigenvalue weighted by Crippen LogP contribution is 2.24. The summed E-state index contributed by atoms with van der Waals surface area (Å²) in [5.41, 5.74) is 0. The Morgan fingerprint density at radius 1 is 1.29 bits per heavy atom. The van der Waals surface area contributed by atoms with Gasteiger partial charge < -0.3 is 14.9 Å². The first-order valence-corrected chi connectivity index (χ1v) is 9.31. The fourth-order valence-electron chi connectivity index (χ4n) is 3.95. The van der Waals surface area contributed by atoms with Gasteiger partial charge in [0, 0.05) is 45.4 Å². The van der Waals surface area contributed by atoms with Crippen LogP contribution in [0.25, 0.3) is 0 Å². The summed E-state index contributed by atoms with van der Waals surface area (Å²) in [7, 11) is 0. The maximum atomic E-state index is 12.6. The van der Waals surface area contributed by atoms with Crippen LogP contribution in [0.15, 0.2) is 12.4 Å². The molecule has 134 valence electrons. The first-order chi connectivity index (χ1) is 11.6. The number of aromatic nitrogens is 2. The molecule has 1 aromatic heterocycles. The highest BCUT2D eigenvalue weighted by atomic mass is 35.5. The minimum Gasteiger partial charge on any atom is -0.396 e. The summed E-state index contributed by atoms with van der Waals surface area (Å²) in [5.74, 6) is 0.817. The van der Waals surface area contributed by atoms with E-state index >= 15 is 0 Å². The molecule has 2 atom stereocenters. The van der Waals surface area contributed by atoms with Gasteiger partial charge in [0.2, 0.25) is 5.91 Å². The molecule has 6 nitrogen and oxygen atoms in total. The van der Waals surface area contributed by atoms with Crippen molar-refractivity contribution in [3.05, 3.63) is 17.4 Å². The van der Waals surface area contributed by atoms with Crippen LogP contribution in [0, 0.1) is 11.8 Å². The quantitative estimate of drug-likeness (QED) is 0.840. The van der Waals surface area contributed by atoms with E-state index in [1.54, 1.807) is 17.1 Å². The van der Waals surface area contributed by atoms with E-state index in [1.807, 2.05) is 4.90 Å². The Balaban J connectivity index is 1.52. The summed E-state index contributed by atoms with van der Waals surface area (Å²) < 4.78 is 1.70. The van der Waals surface area contributed by atoms with E-state index in [4.69, 9.17) is 11.6 Å². The molecule has 2 aliphatic heterocycles. The SMILES string of the molecule is O=C(CCn1cc(Cl)cn1)N1C[C@@H](CN2CCCC2)C[C@H](CO)C1. The zero-order chi connectivity index (χ0) is 16.9. The third-order valence-electron chi connectivity index (χ3n) is 5.11. The van der Waals surface area contributed by atoms with Crippen molar-refractivity contribution in [3.63, 3.8) is 0 Å². The van der Waals surface area contributed by atoms with Gasteiger partial charge in [-0.2, -0.15) is 5.10 Å². The number of hydrogen-bond donors (Lipinski definition) is 1. The van der Waals surface area contributed by atoms with Gasteiger partial charge in [0.1, 0.15) is 0 Å². The number of carbonyl (C=O) groups is 1. The fraction of sp³-hybridized carbons (Fsp3) is 0.765. The van der Waals surface area contributed by atoms with Crippen molar-refractivity contribution in [2.24, 2.45) is 11.8 Å². The van der Waals surface area contributed by atoms with Crippen molar-refractivity contribution in [1.82, 2.24) is 19.6 Å². The minimum atomic E-state index is 0.145. The molecule has 7 heteroatoms. The van der Waals surface area contributed by atoms with Crippen LogP contribution in [0.5, 0.6) is 0 Å². The van der Waals surface area contributed by atoms with Crippen molar-refractivity contribution in [3.8, 4) is 0 Å². The van der Waals surface area contributed by atoms with Gasteiger partial charge in [0.05, 0.1) is 11.2 Å². The zero-order valence-electron chi connectivity index (χ0n) is 14.1. The number of hydrogen-bond acceptors (Lipinski definition) is 4. The molecule has 3 heterocycles. The van der Waals surface area contributed by atoms with Gasteiger partial charge in [-0.1, -0.05) is 11.6 Å². The second-order valence-electron chi connectivity index (χ2n) is 7.13. The molecule has 0 saturated carbocycles. The molecule has 0 aliphatic carbocycles. The summed E-state index contributed by atoms with van der Waals surface area (Å²) >= 11 is 5.85. The Bertz CT molecular complexity index is 544. The molecule has 2 fully saturated rings. The standard InChI is InChI=1S/C17H27ClN4O2/c18-16-8-19-22(12-16)6-3-17(24)21-10-14(7-15(11-21)13-23)9-20-4-1-2-5-20/h8,12,14-15,23H,1-7,9-11,13H2/t14-,15+/m1/s1. The van der Waals surface area contributed by atoms with Crippen LogP contribution in [0.4, 0.5) is 0 Å². The van der Waals surface area contributed by atoms with Crippen LogP contribution in [-0.4, -0.2) is 69.9 Å². The maximum absolute atomic E-state index is 12.6. The smallest absolute Gasteiger partial charge is 0.224 e. The lowest BCUT2D eigenvalue weighted by Gasteiger charge is -2.38. The second kappa shape index (κ2) is 8.32. The maximum Gasteiger partial charge on any atom is 0.224 e. The van der Waals surface area contributed by atoms with E-state index in [1.165, 1.54) is 25.9 Å². The van der Waals surface area contributed by atoms with Crippen molar-refractivity contribution in [2.45, 2.75) is 32.2 Å². The Kier molecular flexibility index (Phi) is 6.14. The number of amides is 1. The molecule has 0 radical (unpaired) electrons. The highest BCUT2D eigenvalue weighted by Gasteiger charge is 2.31. The van der Waals surface area contributed by atoms with Crippen LogP contribution in [0.2, 0.25) is 5.02 Å². The minimum absolute atomic E-state index is 0.145. The molecule has 0 unspecified atom stereocenters. The van der Waals surface area contributed by atoms with Gasteiger partial charge in [0.15, 0.2) is 0 Å². The molecule has 1 amide bonds. The van der Waals surface area contributed by atoms with Crippen LogP contribution in [0.1, 0.15) is 25.7 Å². The Morgan fingerprint density at radius 2 is 2.04 bits per heavy atom. The third-order valence-corrected chi connectivity index (χ3v) is 5.30. The molecular weight excluding hydrogens is 328 g/mol. The van der Waals surface area contributed by atoms with Crippen LogP contribution in [0.3, 0.4) is 0 Å². The number of piperidine rings is 1. The van der Waals surface area contributed by atoms with Gasteiger partial charge >= 0.3 is 0 Å². The lowest BCUT2D eigenvalue weighted by molar-refractivity contribution is -0.135. The topological polar surface area (TPSA) is 61.6 Å². The lowest BCUT2D eigenvalue weighted by Crippen LogP contribution is -2.47. The van der Waals surface area contributed by atoms with Crippen LogP contribution >= 0.6 is 11.6 Å². The number of aryl methyl sites for hydroxylation is 1. The molecule has 1 aromatic rings. The molecule has 0 spiro atoms. The molecule has 0 aromatic carbocycles. The monoisotopic (exact) mass is 354 g/mol. The predicted molar refractivity (Wildman–Crippen MR) is 92.8 cm³/mol. The molecule has 2 aliphatic rings. The largest absolute Gasteiger partial charge is 0.396 e. The fourth-order valence-corrected chi connectivity index (χ4v) is 4.10. The Hall–Kier alpha value is -1.11. The van der Waals surface area contributed by atoms with Crippen LogP contribution in [-0.2, 0) is 11.3 Å². The van der Waals surface area contributed by atoms with Crippen molar-refractivity contribution in [2.75, 3.05) is 39.3 Å².